The number of hydrogen-bond acceptors (Lipinski definition) is 6. The Hall–Kier alpha value is -2.94. The molecule has 0 spiro atoms. The number of imide groups is 1. The van der Waals surface area contributed by atoms with Gasteiger partial charge in [0.15, 0.2) is 11.5 Å². The first-order valence-electron chi connectivity index (χ1n) is 10.6. The number of carbonyl (C=O) groups is 2. The number of rotatable bonds is 9. The summed E-state index contributed by atoms with van der Waals surface area (Å²) in [5.41, 5.74) is 1.72. The highest BCUT2D eigenvalue weighted by molar-refractivity contribution is 9.10. The topological polar surface area (TPSA) is 65.1 Å². The number of methoxy groups -OCH3 is 1. The summed E-state index contributed by atoms with van der Waals surface area (Å²) in [7, 11) is 1.57. The van der Waals surface area contributed by atoms with E-state index in [1.807, 2.05) is 30.3 Å². The molecule has 0 atom stereocenters. The summed E-state index contributed by atoms with van der Waals surface area (Å²) in [4.78, 5) is 26.8. The Morgan fingerprint density at radius 1 is 0.971 bits per heavy atom. The lowest BCUT2D eigenvalue weighted by Gasteiger charge is -2.13. The number of carbonyl (C=O) groups excluding carboxylic acids is 2. The van der Waals surface area contributed by atoms with Crippen molar-refractivity contribution in [1.82, 2.24) is 4.90 Å². The van der Waals surface area contributed by atoms with Crippen LogP contribution in [0.15, 0.2) is 76.1 Å². The first kappa shape index (κ1) is 25.2. The van der Waals surface area contributed by atoms with Gasteiger partial charge < -0.3 is 14.2 Å². The van der Waals surface area contributed by atoms with Gasteiger partial charge in [0.05, 0.1) is 18.6 Å². The zero-order chi connectivity index (χ0) is 24.8. The molecule has 0 N–H and O–H groups in total. The van der Waals surface area contributed by atoms with Gasteiger partial charge in [-0.1, -0.05) is 45.7 Å². The number of ether oxygens (including phenoxy) is 3. The van der Waals surface area contributed by atoms with Gasteiger partial charge in [-0.2, -0.15) is 0 Å². The Balaban J connectivity index is 1.41. The predicted molar refractivity (Wildman–Crippen MR) is 141 cm³/mol. The van der Waals surface area contributed by atoms with Crippen LogP contribution < -0.4 is 14.2 Å². The van der Waals surface area contributed by atoms with E-state index in [0.29, 0.717) is 33.8 Å². The molecule has 0 bridgehead atoms. The molecule has 9 heteroatoms. The summed E-state index contributed by atoms with van der Waals surface area (Å²) in [5, 5.41) is 0.273. The van der Waals surface area contributed by atoms with Crippen LogP contribution in [0.1, 0.15) is 11.1 Å². The molecular weight excluding hydrogens is 554 g/mol. The number of halogens is 2. The highest BCUT2D eigenvalue weighted by atomic mass is 79.9. The first-order valence-corrected chi connectivity index (χ1v) is 12.6. The van der Waals surface area contributed by atoms with Crippen molar-refractivity contribution in [1.29, 1.82) is 0 Å². The van der Waals surface area contributed by atoms with Gasteiger partial charge in [-0.05, 0) is 77.5 Å². The lowest BCUT2D eigenvalue weighted by Crippen LogP contribution is -2.32. The first-order chi connectivity index (χ1) is 16.9. The third kappa shape index (κ3) is 6.60. The monoisotopic (exact) mass is 573 g/mol. The van der Waals surface area contributed by atoms with E-state index < -0.39 is 0 Å². The normalized spacial score (nSPS) is 14.5. The van der Waals surface area contributed by atoms with Gasteiger partial charge in [0.25, 0.3) is 11.1 Å². The van der Waals surface area contributed by atoms with Gasteiger partial charge in [-0.15, -0.1) is 0 Å². The van der Waals surface area contributed by atoms with Crippen LogP contribution in [0.25, 0.3) is 6.08 Å². The molecule has 6 nitrogen and oxygen atoms in total. The minimum atomic E-state index is -0.354. The molecule has 1 saturated heterocycles. The van der Waals surface area contributed by atoms with Crippen molar-refractivity contribution in [2.45, 2.75) is 6.61 Å². The number of amides is 2. The molecule has 4 rings (SSSR count). The Morgan fingerprint density at radius 2 is 1.71 bits per heavy atom. The SMILES string of the molecule is COc1ccc(/C=C2\SC(=O)N(CCOc3ccc(Cl)cc3)C2=O)cc1OCc1ccc(Br)cc1. The minimum absolute atomic E-state index is 0.148. The molecule has 180 valence electrons. The number of nitrogens with zero attached hydrogens (tertiary/aromatic N) is 1. The van der Waals surface area contributed by atoms with E-state index in [1.165, 1.54) is 4.90 Å². The van der Waals surface area contributed by atoms with E-state index in [4.69, 9.17) is 25.8 Å². The summed E-state index contributed by atoms with van der Waals surface area (Å²) in [6.45, 7) is 0.690. The molecule has 0 aliphatic carbocycles. The van der Waals surface area contributed by atoms with Gasteiger partial charge in [0, 0.05) is 9.50 Å². The summed E-state index contributed by atoms with van der Waals surface area (Å²) in [6.07, 6.45) is 1.68. The average Bonchev–Trinajstić information content (AvgIpc) is 3.12. The summed E-state index contributed by atoms with van der Waals surface area (Å²) < 4.78 is 18.0. The molecule has 0 unspecified atom stereocenters. The molecular formula is C26H21BrClNO5S. The zero-order valence-electron chi connectivity index (χ0n) is 18.7. The molecule has 3 aromatic rings. The molecule has 3 aromatic carbocycles. The highest BCUT2D eigenvalue weighted by Gasteiger charge is 2.34. The maximum absolute atomic E-state index is 12.8. The Labute approximate surface area is 220 Å². The van der Waals surface area contributed by atoms with Crippen molar-refractivity contribution < 1.29 is 23.8 Å². The fraction of sp³-hybridized carbons (Fsp3) is 0.154. The Kier molecular flexibility index (Phi) is 8.38. The Bertz CT molecular complexity index is 1250. The Morgan fingerprint density at radius 3 is 2.43 bits per heavy atom. The minimum Gasteiger partial charge on any atom is -0.493 e. The van der Waals surface area contributed by atoms with Crippen LogP contribution in [0, 0.1) is 0 Å². The van der Waals surface area contributed by atoms with Crippen LogP contribution >= 0.6 is 39.3 Å². The number of thioether (sulfide) groups is 1. The summed E-state index contributed by atoms with van der Waals surface area (Å²) in [6, 6.07) is 20.1. The maximum atomic E-state index is 12.8. The number of benzene rings is 3. The molecule has 0 radical (unpaired) electrons. The summed E-state index contributed by atoms with van der Waals surface area (Å²) >= 11 is 10.2. The fourth-order valence-corrected chi connectivity index (χ4v) is 4.52. The van der Waals surface area contributed by atoms with Crippen molar-refractivity contribution in [2.75, 3.05) is 20.3 Å². The van der Waals surface area contributed by atoms with Gasteiger partial charge in [-0.25, -0.2) is 0 Å². The second-order valence-corrected chi connectivity index (χ2v) is 9.81. The standard InChI is InChI=1S/C26H21BrClNO5S/c1-32-22-11-4-18(14-23(22)34-16-17-2-5-19(27)6-3-17)15-24-25(30)29(26(31)35-24)12-13-33-21-9-7-20(28)8-10-21/h2-11,14-15H,12-13,16H2,1H3/b24-15-. The van der Waals surface area contributed by atoms with Crippen molar-refractivity contribution in [2.24, 2.45) is 0 Å². The largest absolute Gasteiger partial charge is 0.493 e. The van der Waals surface area contributed by atoms with Gasteiger partial charge in [-0.3, -0.25) is 14.5 Å². The van der Waals surface area contributed by atoms with Gasteiger partial charge >= 0.3 is 0 Å². The van der Waals surface area contributed by atoms with E-state index in [0.717, 1.165) is 27.4 Å². The van der Waals surface area contributed by atoms with Gasteiger partial charge in [0.1, 0.15) is 19.0 Å². The zero-order valence-corrected chi connectivity index (χ0v) is 21.9. The second kappa shape index (κ2) is 11.7. The van der Waals surface area contributed by atoms with E-state index in [9.17, 15) is 9.59 Å². The van der Waals surface area contributed by atoms with E-state index in [2.05, 4.69) is 15.9 Å². The van der Waals surface area contributed by atoms with Crippen molar-refractivity contribution >= 4 is 56.5 Å². The lowest BCUT2D eigenvalue weighted by molar-refractivity contribution is -0.123. The van der Waals surface area contributed by atoms with Crippen molar-refractivity contribution in [3.63, 3.8) is 0 Å². The molecule has 1 aliphatic heterocycles. The van der Waals surface area contributed by atoms with E-state index in [-0.39, 0.29) is 24.3 Å². The number of hydrogen-bond donors (Lipinski definition) is 0. The molecule has 1 aliphatic rings. The quantitative estimate of drug-likeness (QED) is 0.262. The highest BCUT2D eigenvalue weighted by Crippen LogP contribution is 2.35. The van der Waals surface area contributed by atoms with Crippen LogP contribution in [0.5, 0.6) is 17.2 Å². The van der Waals surface area contributed by atoms with Crippen molar-refractivity contribution in [3.8, 4) is 17.2 Å². The third-order valence-corrected chi connectivity index (χ3v) is 6.75. The van der Waals surface area contributed by atoms with Crippen LogP contribution in [0.2, 0.25) is 5.02 Å². The van der Waals surface area contributed by atoms with Crippen LogP contribution in [-0.4, -0.2) is 36.3 Å². The van der Waals surface area contributed by atoms with Crippen LogP contribution in [0.4, 0.5) is 4.79 Å². The molecule has 1 fully saturated rings. The summed E-state index contributed by atoms with van der Waals surface area (Å²) in [5.74, 6) is 1.38. The van der Waals surface area contributed by atoms with Crippen LogP contribution in [-0.2, 0) is 11.4 Å². The molecule has 1 heterocycles. The smallest absolute Gasteiger partial charge is 0.293 e. The average molecular weight is 575 g/mol. The molecule has 35 heavy (non-hydrogen) atoms. The van der Waals surface area contributed by atoms with Crippen LogP contribution in [0.3, 0.4) is 0 Å². The maximum Gasteiger partial charge on any atom is 0.293 e. The van der Waals surface area contributed by atoms with E-state index >= 15 is 0 Å². The third-order valence-electron chi connectivity index (χ3n) is 5.06. The molecule has 0 saturated carbocycles. The van der Waals surface area contributed by atoms with Gasteiger partial charge in [0.2, 0.25) is 0 Å². The lowest BCUT2D eigenvalue weighted by atomic mass is 10.1. The molecule has 2 amide bonds. The van der Waals surface area contributed by atoms with Crippen molar-refractivity contribution in [3.05, 3.63) is 92.3 Å². The second-order valence-electron chi connectivity index (χ2n) is 7.46. The fourth-order valence-electron chi connectivity index (χ4n) is 3.27. The predicted octanol–water partition coefficient (Wildman–Crippen LogP) is 6.81. The van der Waals surface area contributed by atoms with E-state index in [1.54, 1.807) is 49.6 Å². The molecule has 0 aromatic heterocycles.